The number of aliphatic hydroxyl groups is 2. The molecule has 1 saturated heterocycles. The molecule has 10 nitrogen and oxygen atoms in total. The predicted octanol–water partition coefficient (Wildman–Crippen LogP) is 4.18. The topological polar surface area (TPSA) is 132 Å². The van der Waals surface area contributed by atoms with Crippen LogP contribution in [0.2, 0.25) is 0 Å². The van der Waals surface area contributed by atoms with E-state index in [-0.39, 0.29) is 36.1 Å². The highest BCUT2D eigenvalue weighted by atomic mass is 16.7. The number of carbonyl (C=O) groups is 2. The molecule has 1 heterocycles. The Morgan fingerprint density at radius 2 is 1.93 bits per heavy atom. The van der Waals surface area contributed by atoms with Gasteiger partial charge in [0.05, 0.1) is 31.4 Å². The highest BCUT2D eigenvalue weighted by Crippen LogP contribution is 2.61. The number of nitrogens with one attached hydrogen (secondary N) is 1. The van der Waals surface area contributed by atoms with Crippen LogP contribution in [0.1, 0.15) is 63.4 Å². The Morgan fingerprint density at radius 1 is 1.20 bits per heavy atom. The van der Waals surface area contributed by atoms with Gasteiger partial charge in [0.1, 0.15) is 17.9 Å². The number of aromatic carboxylic acids is 1. The molecule has 6 rings (SSSR count). The van der Waals surface area contributed by atoms with Crippen molar-refractivity contribution in [3.8, 4) is 16.9 Å². The Kier molecular flexibility index (Phi) is 9.52. The zero-order valence-electron chi connectivity index (χ0n) is 27.5. The third-order valence-corrected chi connectivity index (χ3v) is 10.8. The van der Waals surface area contributed by atoms with E-state index in [1.54, 1.807) is 24.1 Å². The third-order valence-electron chi connectivity index (χ3n) is 10.8. The fraction of sp³-hybridized carbons (Fsp3) is 0.600. The highest BCUT2D eigenvalue weighted by Gasteiger charge is 2.57. The van der Waals surface area contributed by atoms with E-state index in [0.717, 1.165) is 17.7 Å². The molecule has 4 aliphatic rings. The van der Waals surface area contributed by atoms with Crippen molar-refractivity contribution in [2.45, 2.75) is 78.3 Å². The number of carboxylic acid groups (broad SMARTS) is 1. The van der Waals surface area contributed by atoms with Crippen molar-refractivity contribution < 1.29 is 34.5 Å². The van der Waals surface area contributed by atoms with Crippen LogP contribution in [-0.2, 0) is 16.2 Å². The fourth-order valence-electron chi connectivity index (χ4n) is 8.05. The Bertz CT molecular complexity index is 1410. The van der Waals surface area contributed by atoms with Gasteiger partial charge in [-0.1, -0.05) is 39.0 Å². The molecule has 3 aliphatic carbocycles. The van der Waals surface area contributed by atoms with Gasteiger partial charge in [-0.15, -0.1) is 0 Å². The van der Waals surface area contributed by atoms with Crippen LogP contribution >= 0.6 is 0 Å². The number of para-hydroxylation sites is 1. The summed E-state index contributed by atoms with van der Waals surface area (Å²) >= 11 is 0. The number of nitrogens with zero attached hydrogens (tertiary/aromatic N) is 2. The maximum absolute atomic E-state index is 14.1. The van der Waals surface area contributed by atoms with Gasteiger partial charge >= 0.3 is 5.97 Å². The molecule has 246 valence electrons. The second-order valence-electron chi connectivity index (χ2n) is 13.9. The van der Waals surface area contributed by atoms with Gasteiger partial charge in [0, 0.05) is 42.9 Å². The van der Waals surface area contributed by atoms with Crippen molar-refractivity contribution in [2.24, 2.45) is 29.1 Å². The molecule has 10 heteroatoms. The molecular weight excluding hydrogens is 574 g/mol. The number of amides is 1. The van der Waals surface area contributed by atoms with Crippen molar-refractivity contribution in [1.29, 1.82) is 0 Å². The van der Waals surface area contributed by atoms with Crippen LogP contribution < -0.4 is 15.0 Å². The molecule has 0 radical (unpaired) electrons. The summed E-state index contributed by atoms with van der Waals surface area (Å²) in [4.78, 5) is 34.1. The number of hydroxylamine groups is 2. The van der Waals surface area contributed by atoms with Gasteiger partial charge in [0.2, 0.25) is 5.91 Å². The van der Waals surface area contributed by atoms with Crippen molar-refractivity contribution in [2.75, 3.05) is 32.2 Å². The molecule has 4 N–H and O–H groups in total. The summed E-state index contributed by atoms with van der Waals surface area (Å²) < 4.78 is 6.19. The normalized spacial score (nSPS) is 29.5. The van der Waals surface area contributed by atoms with Crippen molar-refractivity contribution >= 4 is 17.6 Å². The summed E-state index contributed by atoms with van der Waals surface area (Å²) in [5.74, 6) is 0.125. The van der Waals surface area contributed by atoms with E-state index >= 15 is 0 Å². The molecule has 0 aromatic heterocycles. The van der Waals surface area contributed by atoms with Crippen LogP contribution in [0.5, 0.6) is 5.75 Å². The van der Waals surface area contributed by atoms with Crippen LogP contribution in [0.3, 0.4) is 0 Å². The molecule has 4 fully saturated rings. The summed E-state index contributed by atoms with van der Waals surface area (Å²) in [6.07, 6.45) is 0.461. The number of benzene rings is 2. The number of carboxylic acids is 1. The second kappa shape index (κ2) is 12.9. The number of hydrogen-bond donors (Lipinski definition) is 4. The summed E-state index contributed by atoms with van der Waals surface area (Å²) in [5.41, 5.74) is 3.31. The lowest BCUT2D eigenvalue weighted by atomic mass is 9.45. The zero-order chi connectivity index (χ0) is 32.8. The fourth-order valence-corrected chi connectivity index (χ4v) is 8.05. The van der Waals surface area contributed by atoms with E-state index in [9.17, 15) is 24.9 Å². The van der Waals surface area contributed by atoms with Crippen molar-refractivity contribution in [3.05, 3.63) is 47.5 Å². The van der Waals surface area contributed by atoms with Crippen LogP contribution in [0.4, 0.5) is 5.69 Å². The van der Waals surface area contributed by atoms with E-state index in [2.05, 4.69) is 26.1 Å². The minimum atomic E-state index is -1.03. The molecule has 2 aromatic rings. The lowest BCUT2D eigenvalue weighted by Crippen LogP contribution is -2.62. The lowest BCUT2D eigenvalue weighted by molar-refractivity contribution is -0.183. The molecule has 2 aromatic carbocycles. The Labute approximate surface area is 266 Å². The number of anilines is 1. The summed E-state index contributed by atoms with van der Waals surface area (Å²) in [6, 6.07) is 10.0. The lowest BCUT2D eigenvalue weighted by Gasteiger charge is -2.62. The number of carbonyl (C=O) groups excluding carboxylic acids is 1. The predicted molar refractivity (Wildman–Crippen MR) is 172 cm³/mol. The maximum Gasteiger partial charge on any atom is 0.335 e. The first-order valence-electron chi connectivity index (χ1n) is 16.1. The minimum absolute atomic E-state index is 0.0358. The van der Waals surface area contributed by atoms with Crippen LogP contribution in [0, 0.1) is 29.1 Å². The average molecular weight is 624 g/mol. The first-order valence-corrected chi connectivity index (χ1v) is 16.1. The van der Waals surface area contributed by atoms with Crippen LogP contribution in [-0.4, -0.2) is 83.9 Å². The number of fused-ring (bicyclic) bond motifs is 2. The van der Waals surface area contributed by atoms with E-state index in [1.165, 1.54) is 6.42 Å². The molecule has 45 heavy (non-hydrogen) atoms. The third kappa shape index (κ3) is 6.17. The standard InChI is InChI=1S/C35H49N3O7/c1-8-44-32-21(10-9-11-26(32)22-12-23(34(42)43)14-25(13-22)37(6)7)17-38-31(30(20(3)40)29(18-39)45-38)33(41)36-28-16-24-15-27(19(28)2)35(24,4)5/h9-14,19-20,24,27-31,39-40H,8,15-18H2,1-7H3,(H,36,41)(H,42,43)/t19?,20-,24+,27-,28-,29-,30+,31-/m0/s1. The molecule has 0 spiro atoms. The van der Waals surface area contributed by atoms with E-state index < -0.39 is 30.1 Å². The van der Waals surface area contributed by atoms with Crippen LogP contribution in [0.15, 0.2) is 36.4 Å². The van der Waals surface area contributed by atoms with Gasteiger partial charge in [0.15, 0.2) is 0 Å². The first kappa shape index (κ1) is 33.2. The summed E-state index contributed by atoms with van der Waals surface area (Å²) in [7, 11) is 3.71. The largest absolute Gasteiger partial charge is 0.493 e. The maximum atomic E-state index is 14.1. The van der Waals surface area contributed by atoms with E-state index in [1.807, 2.05) is 50.2 Å². The number of hydrogen-bond acceptors (Lipinski definition) is 8. The highest BCUT2D eigenvalue weighted by molar-refractivity contribution is 5.92. The molecule has 1 aliphatic heterocycles. The number of aliphatic hydroxyl groups excluding tert-OH is 2. The SMILES string of the molecule is CCOc1c(CN2O[C@@H](CO)[C@@H]([C@H](C)O)[C@H]2C(=O)N[C@H]2C[C@H]3C[C@@H](C2C)C3(C)C)cccc1-c1cc(C(=O)O)cc(N(C)C)c1. The minimum Gasteiger partial charge on any atom is -0.493 e. The molecule has 3 saturated carbocycles. The number of rotatable bonds is 11. The molecule has 8 atom stereocenters. The molecular formula is C35H49N3O7. The molecule has 1 amide bonds. The monoisotopic (exact) mass is 623 g/mol. The van der Waals surface area contributed by atoms with Gasteiger partial charge in [-0.3, -0.25) is 9.63 Å². The van der Waals surface area contributed by atoms with Gasteiger partial charge < -0.3 is 30.3 Å². The van der Waals surface area contributed by atoms with E-state index in [0.29, 0.717) is 41.2 Å². The van der Waals surface area contributed by atoms with Gasteiger partial charge in [-0.25, -0.2) is 4.79 Å². The molecule has 1 unspecified atom stereocenters. The van der Waals surface area contributed by atoms with E-state index in [4.69, 9.17) is 9.57 Å². The van der Waals surface area contributed by atoms with Crippen molar-refractivity contribution in [3.63, 3.8) is 0 Å². The van der Waals surface area contributed by atoms with Crippen molar-refractivity contribution in [1.82, 2.24) is 10.4 Å². The molecule has 2 bridgehead atoms. The van der Waals surface area contributed by atoms with Gasteiger partial charge in [0.25, 0.3) is 0 Å². The van der Waals surface area contributed by atoms with Gasteiger partial charge in [-0.2, -0.15) is 5.06 Å². The smallest absolute Gasteiger partial charge is 0.335 e. The second-order valence-corrected chi connectivity index (χ2v) is 13.9. The summed E-state index contributed by atoms with van der Waals surface area (Å²) in [5, 5.41) is 35.8. The average Bonchev–Trinajstić information content (AvgIpc) is 3.37. The number of ether oxygens (including phenoxy) is 1. The zero-order valence-corrected chi connectivity index (χ0v) is 27.5. The summed E-state index contributed by atoms with van der Waals surface area (Å²) in [6.45, 7) is 10.5. The van der Waals surface area contributed by atoms with Gasteiger partial charge in [-0.05, 0) is 73.6 Å². The van der Waals surface area contributed by atoms with Crippen LogP contribution in [0.25, 0.3) is 11.1 Å². The first-order chi connectivity index (χ1) is 21.3. The Balaban J connectivity index is 1.48. The Hall–Kier alpha value is -3.18. The quantitative estimate of drug-likeness (QED) is 0.291. The Morgan fingerprint density at radius 3 is 2.51 bits per heavy atom.